The van der Waals surface area contributed by atoms with Crippen LogP contribution in [-0.4, -0.2) is 20.1 Å². The fraction of sp³-hybridized carbons (Fsp3) is 0.250. The molecule has 6 heteroatoms. The second kappa shape index (κ2) is 5.06. The van der Waals surface area contributed by atoms with E-state index in [0.717, 1.165) is 11.3 Å². The Hall–Kier alpha value is -0.950. The van der Waals surface area contributed by atoms with Crippen LogP contribution < -0.4 is 11.3 Å². The number of anilines is 1. The molecule has 0 radical (unpaired) electrons. The van der Waals surface area contributed by atoms with E-state index in [2.05, 4.69) is 5.43 Å². The van der Waals surface area contributed by atoms with Gasteiger partial charge in [0.05, 0.1) is 0 Å². The van der Waals surface area contributed by atoms with Crippen molar-refractivity contribution in [3.63, 3.8) is 0 Å². The number of rotatable bonds is 4. The Bertz CT molecular complexity index is 315. The lowest BCUT2D eigenvalue weighted by molar-refractivity contribution is 0.445. The zero-order valence-corrected chi connectivity index (χ0v) is 8.62. The van der Waals surface area contributed by atoms with E-state index in [-0.39, 0.29) is 0 Å². The van der Waals surface area contributed by atoms with E-state index < -0.39 is 11.3 Å². The maximum Gasteiger partial charge on any atom is 0.234 e. The van der Waals surface area contributed by atoms with Crippen LogP contribution >= 0.6 is 0 Å². The number of nitrogens with two attached hydrogens (primary N) is 1. The lowest BCUT2D eigenvalue weighted by Crippen LogP contribution is -2.19. The minimum absolute atomic E-state index is 0.425. The highest BCUT2D eigenvalue weighted by molar-refractivity contribution is 7.76. The van der Waals surface area contributed by atoms with Gasteiger partial charge in [-0.25, -0.2) is 4.21 Å². The highest BCUT2D eigenvalue weighted by atomic mass is 32.2. The topological polar surface area (TPSA) is 78.6 Å². The summed E-state index contributed by atoms with van der Waals surface area (Å²) in [6.45, 7) is 0.425. The molecule has 0 heterocycles. The van der Waals surface area contributed by atoms with Crippen LogP contribution in [0.2, 0.25) is 0 Å². The second-order valence-corrected chi connectivity index (χ2v) is 3.94. The first-order valence-electron chi connectivity index (χ1n) is 4.01. The molecule has 0 fully saturated rings. The molecule has 0 saturated carbocycles. The predicted octanol–water partition coefficient (Wildman–Crippen LogP) is 0.541. The maximum absolute atomic E-state index is 10.6. The SMILES string of the molecule is CN(Cc1ccc(NN)cc1)S(=O)O. The number of nitrogens with zero attached hydrogens (tertiary/aromatic N) is 1. The molecule has 1 rings (SSSR count). The van der Waals surface area contributed by atoms with Crippen LogP contribution in [0.4, 0.5) is 5.69 Å². The first-order chi connectivity index (χ1) is 6.63. The van der Waals surface area contributed by atoms with Gasteiger partial charge in [-0.05, 0) is 17.7 Å². The van der Waals surface area contributed by atoms with Gasteiger partial charge in [0.15, 0.2) is 0 Å². The molecule has 14 heavy (non-hydrogen) atoms. The summed E-state index contributed by atoms with van der Waals surface area (Å²) in [7, 11) is 1.57. The fourth-order valence-electron chi connectivity index (χ4n) is 1.02. The van der Waals surface area contributed by atoms with Gasteiger partial charge in [-0.15, -0.1) is 0 Å². The smallest absolute Gasteiger partial charge is 0.234 e. The molecule has 0 aliphatic heterocycles. The van der Waals surface area contributed by atoms with E-state index in [1.807, 2.05) is 24.3 Å². The van der Waals surface area contributed by atoms with Crippen molar-refractivity contribution < 1.29 is 8.76 Å². The summed E-state index contributed by atoms with van der Waals surface area (Å²) in [4.78, 5) is 0. The molecule has 0 saturated heterocycles. The third-order valence-electron chi connectivity index (χ3n) is 1.79. The van der Waals surface area contributed by atoms with Crippen LogP contribution in [0, 0.1) is 0 Å². The summed E-state index contributed by atoms with van der Waals surface area (Å²) < 4.78 is 20.7. The molecule has 1 atom stereocenters. The molecule has 1 unspecified atom stereocenters. The van der Waals surface area contributed by atoms with Gasteiger partial charge in [-0.2, -0.15) is 4.31 Å². The van der Waals surface area contributed by atoms with Crippen molar-refractivity contribution in [1.82, 2.24) is 4.31 Å². The van der Waals surface area contributed by atoms with Crippen molar-refractivity contribution in [2.24, 2.45) is 5.84 Å². The number of hydrazine groups is 1. The van der Waals surface area contributed by atoms with Crippen molar-refractivity contribution in [2.45, 2.75) is 6.54 Å². The third kappa shape index (κ3) is 3.08. The van der Waals surface area contributed by atoms with E-state index in [1.165, 1.54) is 4.31 Å². The largest absolute Gasteiger partial charge is 0.324 e. The Morgan fingerprint density at radius 3 is 2.50 bits per heavy atom. The molecular weight excluding hydrogens is 202 g/mol. The molecular formula is C8H13N3O2S. The third-order valence-corrected chi connectivity index (χ3v) is 2.45. The van der Waals surface area contributed by atoms with E-state index >= 15 is 0 Å². The summed E-state index contributed by atoms with van der Waals surface area (Å²) in [5.41, 5.74) is 4.27. The number of nitrogen functional groups attached to an aromatic ring is 1. The molecule has 0 spiro atoms. The molecule has 0 bridgehead atoms. The Labute approximate surface area is 85.3 Å². The van der Waals surface area contributed by atoms with Crippen LogP contribution in [0.5, 0.6) is 0 Å². The molecule has 1 aromatic rings. The Kier molecular flexibility index (Phi) is 4.02. The molecule has 0 aliphatic carbocycles. The van der Waals surface area contributed by atoms with Gasteiger partial charge < -0.3 is 5.43 Å². The number of benzene rings is 1. The summed E-state index contributed by atoms with van der Waals surface area (Å²) in [6, 6.07) is 7.31. The van der Waals surface area contributed by atoms with Crippen LogP contribution in [-0.2, 0) is 17.8 Å². The van der Waals surface area contributed by atoms with Gasteiger partial charge in [0.2, 0.25) is 11.3 Å². The zero-order chi connectivity index (χ0) is 10.6. The molecule has 0 aliphatic rings. The van der Waals surface area contributed by atoms with Crippen molar-refractivity contribution in [2.75, 3.05) is 12.5 Å². The van der Waals surface area contributed by atoms with Crippen molar-refractivity contribution in [3.8, 4) is 0 Å². The summed E-state index contributed by atoms with van der Waals surface area (Å²) in [6.07, 6.45) is 0. The molecule has 0 aromatic heterocycles. The van der Waals surface area contributed by atoms with E-state index in [1.54, 1.807) is 7.05 Å². The quantitative estimate of drug-likeness (QED) is 0.389. The maximum atomic E-state index is 10.6. The van der Waals surface area contributed by atoms with Gasteiger partial charge in [0, 0.05) is 19.3 Å². The van der Waals surface area contributed by atoms with Gasteiger partial charge >= 0.3 is 0 Å². The van der Waals surface area contributed by atoms with E-state index in [9.17, 15) is 4.21 Å². The van der Waals surface area contributed by atoms with E-state index in [0.29, 0.717) is 6.54 Å². The van der Waals surface area contributed by atoms with Crippen LogP contribution in [0.25, 0.3) is 0 Å². The molecule has 78 valence electrons. The Morgan fingerprint density at radius 2 is 2.07 bits per heavy atom. The molecule has 1 aromatic carbocycles. The molecule has 0 amide bonds. The van der Waals surface area contributed by atoms with Crippen LogP contribution in [0.3, 0.4) is 0 Å². The highest BCUT2D eigenvalue weighted by Gasteiger charge is 2.04. The average Bonchev–Trinajstić information content (AvgIpc) is 2.19. The fourth-order valence-corrected chi connectivity index (χ4v) is 1.28. The highest BCUT2D eigenvalue weighted by Crippen LogP contribution is 2.09. The number of hydrogen-bond acceptors (Lipinski definition) is 3. The summed E-state index contributed by atoms with van der Waals surface area (Å²) in [5, 5.41) is 0. The first kappa shape index (κ1) is 11.1. The predicted molar refractivity (Wildman–Crippen MR) is 56.5 cm³/mol. The summed E-state index contributed by atoms with van der Waals surface area (Å²) >= 11 is -1.92. The van der Waals surface area contributed by atoms with Crippen LogP contribution in [0.15, 0.2) is 24.3 Å². The van der Waals surface area contributed by atoms with Gasteiger partial charge in [0.1, 0.15) is 0 Å². The van der Waals surface area contributed by atoms with Crippen LogP contribution in [0.1, 0.15) is 5.56 Å². The average molecular weight is 215 g/mol. The monoisotopic (exact) mass is 215 g/mol. The van der Waals surface area contributed by atoms with Crippen molar-refractivity contribution in [3.05, 3.63) is 29.8 Å². The van der Waals surface area contributed by atoms with Gasteiger partial charge in [-0.1, -0.05) is 12.1 Å². The van der Waals surface area contributed by atoms with Gasteiger partial charge in [-0.3, -0.25) is 10.4 Å². The van der Waals surface area contributed by atoms with Crippen molar-refractivity contribution in [1.29, 1.82) is 0 Å². The Morgan fingerprint density at radius 1 is 1.50 bits per heavy atom. The summed E-state index contributed by atoms with van der Waals surface area (Å²) in [5.74, 6) is 5.20. The second-order valence-electron chi connectivity index (χ2n) is 2.86. The standard InChI is InChI=1S/C8H13N3O2S/c1-11(14(12)13)6-7-2-4-8(10-9)5-3-7/h2-5,10H,6,9H2,1H3,(H,12,13). The van der Waals surface area contributed by atoms with Gasteiger partial charge in [0.25, 0.3) is 0 Å². The molecule has 5 nitrogen and oxygen atoms in total. The Balaban J connectivity index is 2.64. The molecule has 4 N–H and O–H groups in total. The van der Waals surface area contributed by atoms with Crippen molar-refractivity contribution >= 4 is 17.0 Å². The lowest BCUT2D eigenvalue weighted by Gasteiger charge is -2.11. The van der Waals surface area contributed by atoms with E-state index in [4.69, 9.17) is 10.4 Å². The number of nitrogens with one attached hydrogen (secondary N) is 1. The normalized spacial score (nSPS) is 12.9. The minimum Gasteiger partial charge on any atom is -0.324 e. The first-order valence-corrected chi connectivity index (χ1v) is 5.07. The lowest BCUT2D eigenvalue weighted by atomic mass is 10.2. The minimum atomic E-state index is -1.92. The number of hydrogen-bond donors (Lipinski definition) is 3. The zero-order valence-electron chi connectivity index (χ0n) is 7.80.